The number of carbonyl (C=O) groups excluding carboxylic acids is 2. The van der Waals surface area contributed by atoms with Crippen LogP contribution in [0.15, 0.2) is 77.3 Å². The number of benzene rings is 3. The van der Waals surface area contributed by atoms with Gasteiger partial charge in [0, 0.05) is 33.0 Å². The van der Waals surface area contributed by atoms with Crippen LogP contribution in [-0.2, 0) is 29.0 Å². The van der Waals surface area contributed by atoms with Crippen LogP contribution in [0.2, 0.25) is 10.0 Å². The minimum atomic E-state index is -0.714. The summed E-state index contributed by atoms with van der Waals surface area (Å²) in [5.74, 6) is -0.397. The Labute approximate surface area is 225 Å². The van der Waals surface area contributed by atoms with Gasteiger partial charge in [-0.1, -0.05) is 87.7 Å². The van der Waals surface area contributed by atoms with Gasteiger partial charge in [0.1, 0.15) is 6.04 Å². The lowest BCUT2D eigenvalue weighted by Gasteiger charge is -2.34. The quantitative estimate of drug-likeness (QED) is 0.319. The molecule has 3 aromatic carbocycles. The van der Waals surface area contributed by atoms with E-state index in [4.69, 9.17) is 23.2 Å². The minimum Gasteiger partial charge on any atom is -0.350 e. The van der Waals surface area contributed by atoms with E-state index >= 15 is 0 Å². The number of nitrogens with one attached hydrogen (secondary N) is 1. The summed E-state index contributed by atoms with van der Waals surface area (Å²) in [5, 5.41) is 4.00. The zero-order valence-corrected chi connectivity index (χ0v) is 23.1. The molecule has 0 fully saturated rings. The smallest absolute Gasteiger partial charge is 0.243 e. The predicted molar refractivity (Wildman–Crippen MR) is 147 cm³/mol. The van der Waals surface area contributed by atoms with Crippen molar-refractivity contribution in [3.8, 4) is 0 Å². The van der Waals surface area contributed by atoms with Crippen LogP contribution < -0.4 is 5.32 Å². The molecular formula is C28H29BrCl2N2O2. The summed E-state index contributed by atoms with van der Waals surface area (Å²) >= 11 is 15.9. The molecule has 7 heteroatoms. The van der Waals surface area contributed by atoms with Gasteiger partial charge in [-0.05, 0) is 61.7 Å². The van der Waals surface area contributed by atoms with Gasteiger partial charge < -0.3 is 10.2 Å². The number of nitrogens with zero attached hydrogens (tertiary/aromatic N) is 1. The van der Waals surface area contributed by atoms with E-state index in [1.807, 2.05) is 75.4 Å². The Morgan fingerprint density at radius 2 is 1.63 bits per heavy atom. The molecule has 0 bridgehead atoms. The zero-order valence-electron chi connectivity index (χ0n) is 20.0. The first kappa shape index (κ1) is 27.3. The summed E-state index contributed by atoms with van der Waals surface area (Å²) in [5.41, 5.74) is 2.10. The van der Waals surface area contributed by atoms with E-state index in [9.17, 15) is 9.59 Å². The number of hydrogen-bond acceptors (Lipinski definition) is 2. The van der Waals surface area contributed by atoms with Gasteiger partial charge in [-0.25, -0.2) is 0 Å². The molecule has 0 unspecified atom stereocenters. The maximum absolute atomic E-state index is 13.8. The van der Waals surface area contributed by atoms with Gasteiger partial charge in [-0.2, -0.15) is 0 Å². The monoisotopic (exact) mass is 574 g/mol. The zero-order chi connectivity index (χ0) is 25.6. The molecule has 0 heterocycles. The van der Waals surface area contributed by atoms with E-state index in [1.165, 1.54) is 0 Å². The highest BCUT2D eigenvalue weighted by Crippen LogP contribution is 2.24. The molecule has 0 aromatic heterocycles. The van der Waals surface area contributed by atoms with Crippen molar-refractivity contribution in [1.29, 1.82) is 0 Å². The van der Waals surface area contributed by atoms with E-state index in [0.717, 1.165) is 15.6 Å². The third-order valence-corrected chi connectivity index (χ3v) is 6.45. The Bertz CT molecular complexity index is 1180. The molecule has 0 spiro atoms. The van der Waals surface area contributed by atoms with Gasteiger partial charge in [0.05, 0.1) is 6.42 Å². The minimum absolute atomic E-state index is 0.0537. The molecule has 4 nitrogen and oxygen atoms in total. The normalized spacial score (nSPS) is 12.2. The lowest BCUT2D eigenvalue weighted by Crippen LogP contribution is -2.54. The number of hydrogen-bond donors (Lipinski definition) is 1. The molecule has 35 heavy (non-hydrogen) atoms. The van der Waals surface area contributed by atoms with E-state index in [2.05, 4.69) is 21.2 Å². The van der Waals surface area contributed by atoms with Crippen molar-refractivity contribution in [2.75, 3.05) is 0 Å². The van der Waals surface area contributed by atoms with Gasteiger partial charge in [0.15, 0.2) is 0 Å². The summed E-state index contributed by atoms with van der Waals surface area (Å²) in [6.45, 7) is 6.06. The molecule has 3 aromatic rings. The SMILES string of the molecule is CC(C)(C)NC(=O)[C@H](Cc1ccccc1)N(Cc1cccc(Br)c1)C(=O)Cc1ccc(Cl)cc1Cl. The highest BCUT2D eigenvalue weighted by molar-refractivity contribution is 9.10. The standard InChI is InChI=1S/C28H29BrCl2N2O2/c1-28(2,3)32-27(35)25(15-19-8-5-4-6-9-19)33(18-20-10-7-11-22(29)14-20)26(34)16-21-12-13-23(30)17-24(21)31/h4-14,17,25H,15-16,18H2,1-3H3,(H,32,35)/t25-/m0/s1. The fraction of sp³-hybridized carbons (Fsp3) is 0.286. The average molecular weight is 576 g/mol. The molecule has 2 amide bonds. The Balaban J connectivity index is 2.01. The van der Waals surface area contributed by atoms with Crippen LogP contribution in [0.4, 0.5) is 0 Å². The number of halogens is 3. The topological polar surface area (TPSA) is 49.4 Å². The lowest BCUT2D eigenvalue weighted by molar-refractivity contribution is -0.141. The van der Waals surface area contributed by atoms with Crippen LogP contribution in [0.1, 0.15) is 37.5 Å². The highest BCUT2D eigenvalue weighted by Gasteiger charge is 2.32. The van der Waals surface area contributed by atoms with Gasteiger partial charge >= 0.3 is 0 Å². The van der Waals surface area contributed by atoms with Gasteiger partial charge in [-0.3, -0.25) is 9.59 Å². The van der Waals surface area contributed by atoms with Crippen LogP contribution in [0.5, 0.6) is 0 Å². The summed E-state index contributed by atoms with van der Waals surface area (Å²) in [6, 6.07) is 21.8. The number of amides is 2. The van der Waals surface area contributed by atoms with Gasteiger partial charge in [0.25, 0.3) is 0 Å². The Morgan fingerprint density at radius 3 is 2.26 bits per heavy atom. The van der Waals surface area contributed by atoms with Crippen molar-refractivity contribution in [1.82, 2.24) is 10.2 Å². The van der Waals surface area contributed by atoms with Crippen LogP contribution in [0.25, 0.3) is 0 Å². The van der Waals surface area contributed by atoms with Crippen molar-refractivity contribution in [3.05, 3.63) is 104 Å². The van der Waals surface area contributed by atoms with Crippen LogP contribution in [-0.4, -0.2) is 28.3 Å². The highest BCUT2D eigenvalue weighted by atomic mass is 79.9. The Morgan fingerprint density at radius 1 is 0.943 bits per heavy atom. The van der Waals surface area contributed by atoms with Crippen LogP contribution in [0.3, 0.4) is 0 Å². The number of rotatable bonds is 8. The first-order valence-electron chi connectivity index (χ1n) is 11.4. The average Bonchev–Trinajstić information content (AvgIpc) is 2.77. The van der Waals surface area contributed by atoms with Crippen molar-refractivity contribution < 1.29 is 9.59 Å². The summed E-state index contributed by atoms with van der Waals surface area (Å²) in [7, 11) is 0. The summed E-state index contributed by atoms with van der Waals surface area (Å²) in [6.07, 6.45) is 0.439. The Hall–Kier alpha value is -2.34. The van der Waals surface area contributed by atoms with Crippen molar-refractivity contribution in [2.45, 2.75) is 51.7 Å². The maximum Gasteiger partial charge on any atom is 0.243 e. The fourth-order valence-corrected chi connectivity index (χ4v) is 4.69. The second kappa shape index (κ2) is 12.1. The second-order valence-electron chi connectivity index (χ2n) is 9.51. The third kappa shape index (κ3) is 8.38. The molecule has 0 saturated heterocycles. The fourth-order valence-electron chi connectivity index (χ4n) is 3.77. The lowest BCUT2D eigenvalue weighted by atomic mass is 10.00. The molecule has 0 saturated carbocycles. The van der Waals surface area contributed by atoms with Crippen molar-refractivity contribution in [3.63, 3.8) is 0 Å². The van der Waals surface area contributed by atoms with Crippen LogP contribution in [0, 0.1) is 0 Å². The van der Waals surface area contributed by atoms with E-state index in [0.29, 0.717) is 22.0 Å². The van der Waals surface area contributed by atoms with Gasteiger partial charge in [-0.15, -0.1) is 0 Å². The summed E-state index contributed by atoms with van der Waals surface area (Å²) in [4.78, 5) is 29.0. The molecule has 3 rings (SSSR count). The predicted octanol–water partition coefficient (Wildman–Crippen LogP) is 6.85. The number of carbonyl (C=O) groups is 2. The van der Waals surface area contributed by atoms with E-state index in [1.54, 1.807) is 23.1 Å². The second-order valence-corrected chi connectivity index (χ2v) is 11.3. The molecule has 184 valence electrons. The molecule has 0 aliphatic heterocycles. The molecule has 0 radical (unpaired) electrons. The third-order valence-electron chi connectivity index (χ3n) is 5.37. The molecule has 1 N–H and O–H groups in total. The van der Waals surface area contributed by atoms with E-state index < -0.39 is 11.6 Å². The molecule has 0 aliphatic carbocycles. The molecular weight excluding hydrogens is 547 g/mol. The van der Waals surface area contributed by atoms with Crippen molar-refractivity contribution in [2.24, 2.45) is 0 Å². The largest absolute Gasteiger partial charge is 0.350 e. The van der Waals surface area contributed by atoms with Gasteiger partial charge in [0.2, 0.25) is 11.8 Å². The molecule has 0 aliphatic rings. The van der Waals surface area contributed by atoms with E-state index in [-0.39, 0.29) is 24.8 Å². The van der Waals surface area contributed by atoms with Crippen LogP contribution >= 0.6 is 39.1 Å². The first-order chi connectivity index (χ1) is 16.5. The van der Waals surface area contributed by atoms with Crippen molar-refractivity contribution >= 4 is 50.9 Å². The maximum atomic E-state index is 13.8. The summed E-state index contributed by atoms with van der Waals surface area (Å²) < 4.78 is 0.905. The molecule has 1 atom stereocenters. The first-order valence-corrected chi connectivity index (χ1v) is 12.9. The Kier molecular flexibility index (Phi) is 9.40.